The molecule has 0 saturated heterocycles. The molecule has 1 N–H and O–H groups in total. The minimum atomic E-state index is -1.51. The lowest BCUT2D eigenvalue weighted by molar-refractivity contribution is -0.185. The van der Waals surface area contributed by atoms with E-state index in [2.05, 4.69) is 10.8 Å². The Labute approximate surface area is 140 Å². The van der Waals surface area contributed by atoms with E-state index in [9.17, 15) is 9.59 Å². The molecular weight excluding hydrogens is 312 g/mol. The number of hydrogen-bond acceptors (Lipinski definition) is 6. The summed E-state index contributed by atoms with van der Waals surface area (Å²) in [5, 5.41) is 8.86. The molecule has 0 spiro atoms. The van der Waals surface area contributed by atoms with Crippen molar-refractivity contribution in [3.05, 3.63) is 29.3 Å². The lowest BCUT2D eigenvalue weighted by Gasteiger charge is -2.27. The third kappa shape index (κ3) is 2.98. The number of benzene rings is 1. The van der Waals surface area contributed by atoms with Crippen molar-refractivity contribution in [1.82, 2.24) is 0 Å². The van der Waals surface area contributed by atoms with Crippen LogP contribution in [0.25, 0.3) is 0 Å². The Morgan fingerprint density at radius 2 is 2.17 bits per heavy atom. The number of para-hydroxylation sites is 1. The number of rotatable bonds is 5. The predicted molar refractivity (Wildman–Crippen MR) is 84.5 cm³/mol. The lowest BCUT2D eigenvalue weighted by atomic mass is 9.91. The first kappa shape index (κ1) is 16.8. The molecule has 1 fully saturated rings. The van der Waals surface area contributed by atoms with Crippen molar-refractivity contribution in [2.75, 3.05) is 6.79 Å². The first-order valence-corrected chi connectivity index (χ1v) is 8.20. The van der Waals surface area contributed by atoms with E-state index in [0.29, 0.717) is 5.92 Å². The number of aliphatic hydroxyl groups is 1. The number of hydrogen-bond donors (Lipinski definition) is 1. The van der Waals surface area contributed by atoms with Gasteiger partial charge in [-0.3, -0.25) is 4.79 Å². The molecule has 1 aromatic carbocycles. The second kappa shape index (κ2) is 6.43. The summed E-state index contributed by atoms with van der Waals surface area (Å²) < 4.78 is 16.0. The van der Waals surface area contributed by atoms with Crippen LogP contribution in [0, 0.1) is 0 Å². The zero-order chi connectivity index (χ0) is 17.3. The smallest absolute Gasteiger partial charge is 0.352 e. The van der Waals surface area contributed by atoms with Gasteiger partial charge >= 0.3 is 11.9 Å². The van der Waals surface area contributed by atoms with Crippen LogP contribution in [0.5, 0.6) is 5.75 Å². The van der Waals surface area contributed by atoms with Gasteiger partial charge in [0.25, 0.3) is 0 Å². The summed E-state index contributed by atoms with van der Waals surface area (Å²) >= 11 is 0. The van der Waals surface area contributed by atoms with Crippen LogP contribution in [0.4, 0.5) is 0 Å². The maximum Gasteiger partial charge on any atom is 0.352 e. The monoisotopic (exact) mass is 334 g/mol. The average Bonchev–Trinajstić information content (AvgIpc) is 3.08. The summed E-state index contributed by atoms with van der Waals surface area (Å²) in [7, 11) is 0. The fraction of sp³-hybridized carbons (Fsp3) is 0.556. The van der Waals surface area contributed by atoms with E-state index >= 15 is 0 Å². The Kier molecular flexibility index (Phi) is 4.49. The molecule has 6 heteroatoms. The van der Waals surface area contributed by atoms with Gasteiger partial charge in [-0.15, -0.1) is 0 Å². The summed E-state index contributed by atoms with van der Waals surface area (Å²) in [5.74, 6) is -0.166. The van der Waals surface area contributed by atoms with E-state index in [1.807, 2.05) is 12.1 Å². The summed E-state index contributed by atoms with van der Waals surface area (Å²) in [6.45, 7) is 1.96. The number of carbonyl (C=O) groups is 2. The van der Waals surface area contributed by atoms with Crippen LogP contribution in [0.1, 0.15) is 50.2 Å². The van der Waals surface area contributed by atoms with Gasteiger partial charge in [0.05, 0.1) is 0 Å². The highest BCUT2D eigenvalue weighted by atomic mass is 16.6. The Bertz CT molecular complexity index is 655. The molecule has 1 aliphatic heterocycles. The van der Waals surface area contributed by atoms with Crippen molar-refractivity contribution in [3.63, 3.8) is 0 Å². The fourth-order valence-electron chi connectivity index (χ4n) is 3.80. The SMILES string of the molecule is CC(=O)OC(C)(Cc1cccc2c1O[C@@H]1CCC[C@H]21)C(=O)OCO. The van der Waals surface area contributed by atoms with E-state index < -0.39 is 24.3 Å². The zero-order valence-corrected chi connectivity index (χ0v) is 13.9. The molecule has 1 aromatic rings. The Balaban J connectivity index is 1.90. The lowest BCUT2D eigenvalue weighted by Crippen LogP contribution is -2.43. The summed E-state index contributed by atoms with van der Waals surface area (Å²) in [5.41, 5.74) is 0.460. The van der Waals surface area contributed by atoms with Crippen molar-refractivity contribution < 1.29 is 28.9 Å². The summed E-state index contributed by atoms with van der Waals surface area (Å²) in [6.07, 6.45) is 3.63. The molecule has 1 unspecified atom stereocenters. The first-order valence-electron chi connectivity index (χ1n) is 8.20. The molecule has 1 heterocycles. The van der Waals surface area contributed by atoms with Gasteiger partial charge in [-0.2, -0.15) is 0 Å². The molecule has 0 radical (unpaired) electrons. The third-order valence-electron chi connectivity index (χ3n) is 4.77. The molecule has 3 atom stereocenters. The molecule has 1 saturated carbocycles. The van der Waals surface area contributed by atoms with Gasteiger partial charge in [0.15, 0.2) is 6.79 Å². The van der Waals surface area contributed by atoms with Crippen molar-refractivity contribution in [2.45, 2.75) is 57.2 Å². The van der Waals surface area contributed by atoms with E-state index in [1.54, 1.807) is 0 Å². The molecule has 0 amide bonds. The minimum absolute atomic E-state index is 0.133. The van der Waals surface area contributed by atoms with Crippen LogP contribution in [0.15, 0.2) is 18.2 Å². The van der Waals surface area contributed by atoms with Crippen molar-refractivity contribution in [3.8, 4) is 5.75 Å². The van der Waals surface area contributed by atoms with Gasteiger partial charge in [-0.25, -0.2) is 4.79 Å². The average molecular weight is 334 g/mol. The minimum Gasteiger partial charge on any atom is -0.489 e. The van der Waals surface area contributed by atoms with E-state index in [-0.39, 0.29) is 12.5 Å². The Hall–Kier alpha value is -2.08. The van der Waals surface area contributed by atoms with Crippen LogP contribution in [0.2, 0.25) is 0 Å². The first-order chi connectivity index (χ1) is 11.4. The highest BCUT2D eigenvalue weighted by molar-refractivity contribution is 5.83. The number of fused-ring (bicyclic) bond motifs is 3. The Morgan fingerprint density at radius 1 is 1.38 bits per heavy atom. The van der Waals surface area contributed by atoms with E-state index in [1.165, 1.54) is 13.8 Å². The highest BCUT2D eigenvalue weighted by Crippen LogP contribution is 2.48. The van der Waals surface area contributed by atoms with Crippen LogP contribution < -0.4 is 4.74 Å². The van der Waals surface area contributed by atoms with Gasteiger partial charge < -0.3 is 19.3 Å². The van der Waals surface area contributed by atoms with Crippen LogP contribution >= 0.6 is 0 Å². The maximum atomic E-state index is 12.2. The maximum absolute atomic E-state index is 12.2. The normalized spacial score (nSPS) is 23.6. The molecular formula is C18H22O6. The number of ether oxygens (including phenoxy) is 3. The summed E-state index contributed by atoms with van der Waals surface area (Å²) in [4.78, 5) is 23.6. The molecule has 0 aromatic heterocycles. The second-order valence-corrected chi connectivity index (χ2v) is 6.59. The fourth-order valence-corrected chi connectivity index (χ4v) is 3.80. The molecule has 130 valence electrons. The topological polar surface area (TPSA) is 82.1 Å². The quantitative estimate of drug-likeness (QED) is 0.656. The van der Waals surface area contributed by atoms with Gasteiger partial charge in [0, 0.05) is 24.8 Å². The van der Waals surface area contributed by atoms with Crippen LogP contribution in [-0.2, 0) is 25.5 Å². The van der Waals surface area contributed by atoms with Crippen molar-refractivity contribution in [1.29, 1.82) is 0 Å². The molecule has 6 nitrogen and oxygen atoms in total. The predicted octanol–water partition coefficient (Wildman–Crippen LogP) is 2.07. The zero-order valence-electron chi connectivity index (χ0n) is 13.9. The third-order valence-corrected chi connectivity index (χ3v) is 4.77. The van der Waals surface area contributed by atoms with Gasteiger partial charge in [-0.05, 0) is 31.7 Å². The van der Waals surface area contributed by atoms with Crippen molar-refractivity contribution >= 4 is 11.9 Å². The van der Waals surface area contributed by atoms with E-state index in [4.69, 9.17) is 14.6 Å². The molecule has 1 aliphatic carbocycles. The summed E-state index contributed by atoms with van der Waals surface area (Å²) in [6, 6.07) is 5.86. The van der Waals surface area contributed by atoms with Gasteiger partial charge in [0.2, 0.25) is 5.60 Å². The number of esters is 2. The van der Waals surface area contributed by atoms with E-state index in [0.717, 1.165) is 36.1 Å². The molecule has 2 aliphatic rings. The molecule has 24 heavy (non-hydrogen) atoms. The standard InChI is InChI=1S/C18H22O6/c1-11(20)24-18(2,17(21)22-10-19)9-12-5-3-7-14-13-6-4-8-15(13)23-16(12)14/h3,5,7,13,15,19H,4,6,8-10H2,1-2H3/t13-,15-,18?/m1/s1. The van der Waals surface area contributed by atoms with Crippen LogP contribution in [0.3, 0.4) is 0 Å². The highest BCUT2D eigenvalue weighted by Gasteiger charge is 2.43. The Morgan fingerprint density at radius 3 is 2.88 bits per heavy atom. The second-order valence-electron chi connectivity index (χ2n) is 6.59. The molecule has 0 bridgehead atoms. The largest absolute Gasteiger partial charge is 0.489 e. The number of carbonyl (C=O) groups excluding carboxylic acids is 2. The molecule has 3 rings (SSSR count). The van der Waals surface area contributed by atoms with Crippen molar-refractivity contribution in [2.24, 2.45) is 0 Å². The van der Waals surface area contributed by atoms with Crippen LogP contribution in [-0.4, -0.2) is 35.5 Å². The van der Waals surface area contributed by atoms with Gasteiger partial charge in [-0.1, -0.05) is 18.2 Å². The van der Waals surface area contributed by atoms with Gasteiger partial charge in [0.1, 0.15) is 11.9 Å². The number of aliphatic hydroxyl groups excluding tert-OH is 1.